The minimum atomic E-state index is 0.564. The third kappa shape index (κ3) is 2.85. The van der Waals surface area contributed by atoms with E-state index in [2.05, 4.69) is 22.6 Å². The summed E-state index contributed by atoms with van der Waals surface area (Å²) in [7, 11) is 0. The molecule has 0 heterocycles. The molecule has 2 rings (SSSR count). The van der Waals surface area contributed by atoms with Crippen LogP contribution in [0, 0.1) is 10.5 Å². The van der Waals surface area contributed by atoms with Crippen LogP contribution >= 0.6 is 22.6 Å². The molecule has 0 amide bonds. The number of aldehydes is 1. The number of ether oxygens (including phenoxy) is 1. The van der Waals surface area contributed by atoms with E-state index in [0.717, 1.165) is 21.2 Å². The minimum absolute atomic E-state index is 0.564. The topological polar surface area (TPSA) is 26.3 Å². The van der Waals surface area contributed by atoms with E-state index in [1.165, 1.54) is 0 Å². The fourth-order valence-corrected chi connectivity index (χ4v) is 1.95. The zero-order chi connectivity index (χ0) is 12.3. The van der Waals surface area contributed by atoms with Gasteiger partial charge in [0, 0.05) is 3.57 Å². The summed E-state index contributed by atoms with van der Waals surface area (Å²) in [6.07, 6.45) is 0.809. The number of aryl methyl sites for hydroxylation is 1. The van der Waals surface area contributed by atoms with Gasteiger partial charge < -0.3 is 4.74 Å². The number of rotatable bonds is 3. The maximum absolute atomic E-state index is 10.9. The molecule has 0 aliphatic heterocycles. The van der Waals surface area contributed by atoms with Crippen molar-refractivity contribution in [1.82, 2.24) is 0 Å². The van der Waals surface area contributed by atoms with E-state index in [4.69, 9.17) is 4.74 Å². The number of halogens is 1. The third-order valence-corrected chi connectivity index (χ3v) is 3.09. The van der Waals surface area contributed by atoms with Gasteiger partial charge in [-0.2, -0.15) is 0 Å². The Morgan fingerprint density at radius 1 is 1.12 bits per heavy atom. The molecule has 86 valence electrons. The normalized spacial score (nSPS) is 10.0. The molecule has 0 radical (unpaired) electrons. The number of carbonyl (C=O) groups is 1. The Morgan fingerprint density at radius 2 is 1.88 bits per heavy atom. The molecule has 0 fully saturated rings. The van der Waals surface area contributed by atoms with Crippen molar-refractivity contribution in [2.24, 2.45) is 0 Å². The molecule has 0 spiro atoms. The first-order valence-electron chi connectivity index (χ1n) is 5.19. The Hall–Kier alpha value is -1.36. The molecular weight excluding hydrogens is 327 g/mol. The van der Waals surface area contributed by atoms with E-state index in [1.54, 1.807) is 6.07 Å². The summed E-state index contributed by atoms with van der Waals surface area (Å²) in [6, 6.07) is 13.2. The highest BCUT2D eigenvalue weighted by molar-refractivity contribution is 14.1. The van der Waals surface area contributed by atoms with E-state index in [-0.39, 0.29) is 0 Å². The van der Waals surface area contributed by atoms with Crippen molar-refractivity contribution in [3.8, 4) is 11.5 Å². The number of hydrogen-bond donors (Lipinski definition) is 0. The molecule has 0 bridgehead atoms. The molecule has 0 saturated carbocycles. The zero-order valence-electron chi connectivity index (χ0n) is 9.31. The SMILES string of the molecule is Cc1ccccc1Oc1cc(I)ccc1C=O. The second kappa shape index (κ2) is 5.31. The van der Waals surface area contributed by atoms with Crippen LogP contribution in [0.5, 0.6) is 11.5 Å². The van der Waals surface area contributed by atoms with E-state index in [9.17, 15) is 4.79 Å². The van der Waals surface area contributed by atoms with Crippen molar-refractivity contribution >= 4 is 28.9 Å². The number of hydrogen-bond acceptors (Lipinski definition) is 2. The molecule has 17 heavy (non-hydrogen) atoms. The van der Waals surface area contributed by atoms with E-state index in [0.29, 0.717) is 11.3 Å². The summed E-state index contributed by atoms with van der Waals surface area (Å²) in [6.45, 7) is 1.98. The predicted molar refractivity (Wildman–Crippen MR) is 75.8 cm³/mol. The van der Waals surface area contributed by atoms with Crippen LogP contribution in [0.3, 0.4) is 0 Å². The minimum Gasteiger partial charge on any atom is -0.456 e. The van der Waals surface area contributed by atoms with Crippen LogP contribution in [-0.4, -0.2) is 6.29 Å². The average Bonchev–Trinajstić information content (AvgIpc) is 2.32. The van der Waals surface area contributed by atoms with Crippen molar-refractivity contribution in [2.75, 3.05) is 0 Å². The number of benzene rings is 2. The van der Waals surface area contributed by atoms with Gasteiger partial charge in [-0.1, -0.05) is 18.2 Å². The first-order chi connectivity index (χ1) is 8.20. The first kappa shape index (κ1) is 12.1. The highest BCUT2D eigenvalue weighted by Crippen LogP contribution is 2.28. The quantitative estimate of drug-likeness (QED) is 0.619. The van der Waals surface area contributed by atoms with Gasteiger partial charge in [0.25, 0.3) is 0 Å². The standard InChI is InChI=1S/C14H11IO2/c1-10-4-2-3-5-13(10)17-14-8-12(15)7-6-11(14)9-16/h2-9H,1H3. The fraction of sp³-hybridized carbons (Fsp3) is 0.0714. The zero-order valence-corrected chi connectivity index (χ0v) is 11.5. The second-order valence-electron chi connectivity index (χ2n) is 3.67. The van der Waals surface area contributed by atoms with Crippen LogP contribution in [0.25, 0.3) is 0 Å². The summed E-state index contributed by atoms with van der Waals surface area (Å²) in [4.78, 5) is 10.9. The van der Waals surface area contributed by atoms with Gasteiger partial charge in [-0.05, 0) is 59.3 Å². The van der Waals surface area contributed by atoms with Crippen molar-refractivity contribution in [2.45, 2.75) is 6.92 Å². The van der Waals surface area contributed by atoms with Crippen LogP contribution < -0.4 is 4.74 Å². The fourth-order valence-electron chi connectivity index (χ4n) is 1.48. The molecule has 3 heteroatoms. The van der Waals surface area contributed by atoms with Crippen LogP contribution in [0.15, 0.2) is 42.5 Å². The maximum atomic E-state index is 10.9. The van der Waals surface area contributed by atoms with Gasteiger partial charge in [0.2, 0.25) is 0 Å². The molecule has 0 aliphatic carbocycles. The van der Waals surface area contributed by atoms with Crippen LogP contribution in [0.1, 0.15) is 15.9 Å². The summed E-state index contributed by atoms with van der Waals surface area (Å²) in [5.74, 6) is 1.37. The molecule has 0 saturated heterocycles. The van der Waals surface area contributed by atoms with E-state index < -0.39 is 0 Å². The predicted octanol–water partition coefficient (Wildman–Crippen LogP) is 4.20. The van der Waals surface area contributed by atoms with Crippen LogP contribution in [0.4, 0.5) is 0 Å². The van der Waals surface area contributed by atoms with Crippen molar-refractivity contribution in [3.05, 3.63) is 57.2 Å². The van der Waals surface area contributed by atoms with Crippen LogP contribution in [-0.2, 0) is 0 Å². The Labute approximate surface area is 114 Å². The molecule has 0 aromatic heterocycles. The highest BCUT2D eigenvalue weighted by Gasteiger charge is 2.06. The number of carbonyl (C=O) groups excluding carboxylic acids is 1. The Balaban J connectivity index is 2.39. The van der Waals surface area contributed by atoms with Crippen molar-refractivity contribution in [1.29, 1.82) is 0 Å². The lowest BCUT2D eigenvalue weighted by Crippen LogP contribution is -1.92. The Kier molecular flexibility index (Phi) is 3.78. The molecule has 0 unspecified atom stereocenters. The van der Waals surface area contributed by atoms with E-state index in [1.807, 2.05) is 43.3 Å². The molecule has 2 aromatic carbocycles. The van der Waals surface area contributed by atoms with Gasteiger partial charge in [-0.3, -0.25) is 4.79 Å². The summed E-state index contributed by atoms with van der Waals surface area (Å²) in [5, 5.41) is 0. The highest BCUT2D eigenvalue weighted by atomic mass is 127. The van der Waals surface area contributed by atoms with Gasteiger partial charge in [-0.25, -0.2) is 0 Å². The maximum Gasteiger partial charge on any atom is 0.153 e. The molecule has 0 atom stereocenters. The lowest BCUT2D eigenvalue weighted by Gasteiger charge is -2.10. The number of para-hydroxylation sites is 1. The lowest BCUT2D eigenvalue weighted by atomic mass is 10.2. The van der Waals surface area contributed by atoms with Gasteiger partial charge in [0.15, 0.2) is 6.29 Å². The smallest absolute Gasteiger partial charge is 0.153 e. The summed E-state index contributed by atoms with van der Waals surface area (Å²) in [5.41, 5.74) is 1.61. The average molecular weight is 338 g/mol. The van der Waals surface area contributed by atoms with Gasteiger partial charge in [0.05, 0.1) is 5.56 Å². The summed E-state index contributed by atoms with van der Waals surface area (Å²) < 4.78 is 6.81. The second-order valence-corrected chi connectivity index (χ2v) is 4.91. The van der Waals surface area contributed by atoms with Gasteiger partial charge in [0.1, 0.15) is 11.5 Å². The molecule has 0 N–H and O–H groups in total. The lowest BCUT2D eigenvalue weighted by molar-refractivity contribution is 0.112. The van der Waals surface area contributed by atoms with Crippen LogP contribution in [0.2, 0.25) is 0 Å². The molecule has 2 nitrogen and oxygen atoms in total. The van der Waals surface area contributed by atoms with Crippen molar-refractivity contribution in [3.63, 3.8) is 0 Å². The molecule has 0 aliphatic rings. The van der Waals surface area contributed by atoms with Gasteiger partial charge in [-0.15, -0.1) is 0 Å². The largest absolute Gasteiger partial charge is 0.456 e. The Morgan fingerprint density at radius 3 is 2.59 bits per heavy atom. The third-order valence-electron chi connectivity index (χ3n) is 2.42. The Bertz CT molecular complexity index is 550. The van der Waals surface area contributed by atoms with Gasteiger partial charge >= 0.3 is 0 Å². The summed E-state index contributed by atoms with van der Waals surface area (Å²) >= 11 is 2.19. The van der Waals surface area contributed by atoms with Crippen molar-refractivity contribution < 1.29 is 9.53 Å². The molecular formula is C14H11IO2. The first-order valence-corrected chi connectivity index (χ1v) is 6.27. The monoisotopic (exact) mass is 338 g/mol. The van der Waals surface area contributed by atoms with E-state index >= 15 is 0 Å². The molecule has 2 aromatic rings.